The van der Waals surface area contributed by atoms with E-state index in [0.717, 1.165) is 11.5 Å². The largest absolute Gasteiger partial charge is 0.321 e. The summed E-state index contributed by atoms with van der Waals surface area (Å²) in [5.74, 6) is -0.611. The van der Waals surface area contributed by atoms with E-state index in [-0.39, 0.29) is 11.7 Å². The SMILES string of the molecule is Cc1cc(F)ccc1NC(=O)c1cnns1. The predicted molar refractivity (Wildman–Crippen MR) is 59.0 cm³/mol. The molecule has 1 amide bonds. The second-order valence-electron chi connectivity index (χ2n) is 3.20. The van der Waals surface area contributed by atoms with Gasteiger partial charge in [-0.25, -0.2) is 4.39 Å². The molecule has 1 heterocycles. The number of hydrogen-bond donors (Lipinski definition) is 1. The predicted octanol–water partition coefficient (Wildman–Crippen LogP) is 2.24. The maximum absolute atomic E-state index is 12.8. The Hall–Kier alpha value is -1.82. The summed E-state index contributed by atoms with van der Waals surface area (Å²) in [5, 5.41) is 6.23. The van der Waals surface area contributed by atoms with Gasteiger partial charge < -0.3 is 5.32 Å². The van der Waals surface area contributed by atoms with Gasteiger partial charge in [-0.05, 0) is 42.2 Å². The highest BCUT2D eigenvalue weighted by molar-refractivity contribution is 7.07. The third kappa shape index (κ3) is 2.22. The van der Waals surface area contributed by atoms with Gasteiger partial charge in [0.05, 0.1) is 6.20 Å². The normalized spacial score (nSPS) is 10.1. The summed E-state index contributed by atoms with van der Waals surface area (Å²) >= 11 is 1.01. The molecule has 0 unspecified atom stereocenters. The maximum Gasteiger partial charge on any atom is 0.269 e. The van der Waals surface area contributed by atoms with Crippen LogP contribution in [0.2, 0.25) is 0 Å². The van der Waals surface area contributed by atoms with E-state index in [1.54, 1.807) is 6.92 Å². The van der Waals surface area contributed by atoms with Crippen LogP contribution in [0, 0.1) is 12.7 Å². The van der Waals surface area contributed by atoms with Crippen molar-refractivity contribution in [2.45, 2.75) is 6.92 Å². The Labute approximate surface area is 95.3 Å². The Morgan fingerprint density at radius 3 is 2.94 bits per heavy atom. The molecule has 1 N–H and O–H groups in total. The number of anilines is 1. The van der Waals surface area contributed by atoms with E-state index in [2.05, 4.69) is 14.9 Å². The van der Waals surface area contributed by atoms with Crippen LogP contribution in [0.3, 0.4) is 0 Å². The quantitative estimate of drug-likeness (QED) is 0.871. The Kier molecular flexibility index (Phi) is 2.91. The minimum Gasteiger partial charge on any atom is -0.321 e. The molecular formula is C10H8FN3OS. The average molecular weight is 237 g/mol. The van der Waals surface area contributed by atoms with Crippen LogP contribution in [0.4, 0.5) is 10.1 Å². The Morgan fingerprint density at radius 1 is 1.50 bits per heavy atom. The molecule has 0 bridgehead atoms. The zero-order valence-electron chi connectivity index (χ0n) is 8.40. The van der Waals surface area contributed by atoms with Gasteiger partial charge in [0, 0.05) is 5.69 Å². The van der Waals surface area contributed by atoms with Gasteiger partial charge in [0.15, 0.2) is 0 Å². The zero-order chi connectivity index (χ0) is 11.5. The average Bonchev–Trinajstić information content (AvgIpc) is 2.75. The molecule has 0 atom stereocenters. The van der Waals surface area contributed by atoms with E-state index in [9.17, 15) is 9.18 Å². The number of aryl methyl sites for hydroxylation is 1. The number of benzene rings is 1. The fourth-order valence-corrected chi connectivity index (χ4v) is 1.63. The third-order valence-electron chi connectivity index (χ3n) is 2.02. The third-order valence-corrected chi connectivity index (χ3v) is 2.69. The second-order valence-corrected chi connectivity index (χ2v) is 3.98. The number of carbonyl (C=O) groups excluding carboxylic acids is 1. The second kappa shape index (κ2) is 4.36. The van der Waals surface area contributed by atoms with E-state index in [4.69, 9.17) is 0 Å². The lowest BCUT2D eigenvalue weighted by Gasteiger charge is -2.06. The molecule has 16 heavy (non-hydrogen) atoms. The monoisotopic (exact) mass is 237 g/mol. The minimum absolute atomic E-state index is 0.287. The van der Waals surface area contributed by atoms with Gasteiger partial charge in [-0.1, -0.05) is 4.49 Å². The molecule has 82 valence electrons. The Bertz CT molecular complexity index is 513. The Balaban J connectivity index is 2.18. The van der Waals surface area contributed by atoms with Crippen LogP contribution < -0.4 is 5.32 Å². The number of aromatic nitrogens is 2. The lowest BCUT2D eigenvalue weighted by atomic mass is 10.2. The van der Waals surface area contributed by atoms with Crippen molar-refractivity contribution in [1.82, 2.24) is 9.59 Å². The summed E-state index contributed by atoms with van der Waals surface area (Å²) in [6.45, 7) is 1.73. The van der Waals surface area contributed by atoms with E-state index >= 15 is 0 Å². The van der Waals surface area contributed by atoms with Crippen molar-refractivity contribution >= 4 is 23.1 Å². The number of hydrogen-bond acceptors (Lipinski definition) is 4. The number of carbonyl (C=O) groups is 1. The van der Waals surface area contributed by atoms with Crippen molar-refractivity contribution in [1.29, 1.82) is 0 Å². The first-order valence-corrected chi connectivity index (χ1v) is 5.29. The van der Waals surface area contributed by atoms with Crippen LogP contribution in [0.25, 0.3) is 0 Å². The minimum atomic E-state index is -0.324. The number of rotatable bonds is 2. The van der Waals surface area contributed by atoms with Gasteiger partial charge in [-0.15, -0.1) is 5.10 Å². The molecule has 0 saturated carbocycles. The molecule has 4 nitrogen and oxygen atoms in total. The molecule has 0 spiro atoms. The molecule has 0 fully saturated rings. The molecule has 1 aromatic carbocycles. The van der Waals surface area contributed by atoms with E-state index in [1.807, 2.05) is 0 Å². The highest BCUT2D eigenvalue weighted by atomic mass is 32.1. The van der Waals surface area contributed by atoms with Crippen molar-refractivity contribution in [3.05, 3.63) is 40.7 Å². The summed E-state index contributed by atoms with van der Waals surface area (Å²) in [6, 6.07) is 4.19. The summed E-state index contributed by atoms with van der Waals surface area (Å²) in [4.78, 5) is 12.1. The van der Waals surface area contributed by atoms with Gasteiger partial charge in [0.25, 0.3) is 5.91 Å². The molecule has 1 aromatic heterocycles. The first-order valence-electron chi connectivity index (χ1n) is 4.51. The van der Waals surface area contributed by atoms with Crippen molar-refractivity contribution in [2.24, 2.45) is 0 Å². The van der Waals surface area contributed by atoms with E-state index in [1.165, 1.54) is 24.4 Å². The number of nitrogens with zero attached hydrogens (tertiary/aromatic N) is 2. The summed E-state index contributed by atoms with van der Waals surface area (Å²) in [6.07, 6.45) is 1.39. The summed E-state index contributed by atoms with van der Waals surface area (Å²) < 4.78 is 16.4. The van der Waals surface area contributed by atoms with Crippen LogP contribution in [-0.2, 0) is 0 Å². The lowest BCUT2D eigenvalue weighted by Crippen LogP contribution is -2.11. The Morgan fingerprint density at radius 2 is 2.31 bits per heavy atom. The number of nitrogens with one attached hydrogen (secondary N) is 1. The standard InChI is InChI=1S/C10H8FN3OS/c1-6-4-7(11)2-3-8(6)13-10(15)9-5-12-14-16-9/h2-5H,1H3,(H,13,15). The van der Waals surface area contributed by atoms with Crippen molar-refractivity contribution < 1.29 is 9.18 Å². The molecule has 0 aliphatic heterocycles. The van der Waals surface area contributed by atoms with E-state index in [0.29, 0.717) is 16.1 Å². The first kappa shape index (κ1) is 10.7. The molecule has 2 rings (SSSR count). The first-order chi connectivity index (χ1) is 7.66. The van der Waals surface area contributed by atoms with Crippen LogP contribution >= 0.6 is 11.5 Å². The van der Waals surface area contributed by atoms with Gasteiger partial charge in [-0.3, -0.25) is 4.79 Å². The van der Waals surface area contributed by atoms with Crippen molar-refractivity contribution in [2.75, 3.05) is 5.32 Å². The maximum atomic E-state index is 12.8. The summed E-state index contributed by atoms with van der Waals surface area (Å²) in [5.41, 5.74) is 1.26. The van der Waals surface area contributed by atoms with Crippen LogP contribution in [-0.4, -0.2) is 15.5 Å². The van der Waals surface area contributed by atoms with Crippen molar-refractivity contribution in [3.63, 3.8) is 0 Å². The number of halogens is 1. The fourth-order valence-electron chi connectivity index (χ4n) is 1.22. The van der Waals surface area contributed by atoms with Crippen LogP contribution in [0.15, 0.2) is 24.4 Å². The van der Waals surface area contributed by atoms with Gasteiger partial charge in [0.1, 0.15) is 10.7 Å². The smallest absolute Gasteiger partial charge is 0.269 e. The highest BCUT2D eigenvalue weighted by Crippen LogP contribution is 2.17. The van der Waals surface area contributed by atoms with E-state index < -0.39 is 0 Å². The topological polar surface area (TPSA) is 54.9 Å². The molecule has 6 heteroatoms. The molecular weight excluding hydrogens is 229 g/mol. The van der Waals surface area contributed by atoms with Gasteiger partial charge >= 0.3 is 0 Å². The summed E-state index contributed by atoms with van der Waals surface area (Å²) in [7, 11) is 0. The zero-order valence-corrected chi connectivity index (χ0v) is 9.21. The molecule has 0 radical (unpaired) electrons. The van der Waals surface area contributed by atoms with Gasteiger partial charge in [0.2, 0.25) is 0 Å². The van der Waals surface area contributed by atoms with Crippen molar-refractivity contribution in [3.8, 4) is 0 Å². The molecule has 0 aliphatic carbocycles. The molecule has 2 aromatic rings. The lowest BCUT2D eigenvalue weighted by molar-refractivity contribution is 0.103. The number of amides is 1. The highest BCUT2D eigenvalue weighted by Gasteiger charge is 2.10. The van der Waals surface area contributed by atoms with Crippen LogP contribution in [0.1, 0.15) is 15.2 Å². The van der Waals surface area contributed by atoms with Gasteiger partial charge in [-0.2, -0.15) is 0 Å². The molecule has 0 saturated heterocycles. The molecule has 0 aliphatic rings. The van der Waals surface area contributed by atoms with Crippen LogP contribution in [0.5, 0.6) is 0 Å². The fraction of sp³-hybridized carbons (Fsp3) is 0.100.